The third kappa shape index (κ3) is 8.42. The number of benzene rings is 3. The summed E-state index contributed by atoms with van der Waals surface area (Å²) in [6.07, 6.45) is 2.83. The van der Waals surface area contributed by atoms with Crippen LogP contribution >= 0.6 is 0 Å². The second-order valence-electron chi connectivity index (χ2n) is 9.73. The third-order valence-corrected chi connectivity index (χ3v) is 8.10. The van der Waals surface area contributed by atoms with Crippen molar-refractivity contribution in [2.24, 2.45) is 0 Å². The molecular formula is C31H39N3O4S. The fourth-order valence-corrected chi connectivity index (χ4v) is 5.56. The first-order chi connectivity index (χ1) is 18.6. The molecule has 7 nitrogen and oxygen atoms in total. The molecule has 3 rings (SSSR count). The van der Waals surface area contributed by atoms with Crippen molar-refractivity contribution < 1.29 is 18.0 Å². The van der Waals surface area contributed by atoms with Crippen LogP contribution in [-0.4, -0.2) is 51.0 Å². The molecule has 0 unspecified atom stereocenters. The maximum absolute atomic E-state index is 13.7. The molecule has 0 aromatic heterocycles. The molecule has 0 radical (unpaired) electrons. The SMILES string of the molecule is CCc1ccc(N(CCCC(=O)N(Cc2ccccc2C)[C@@H](Cc2ccccc2)C(=O)NC)S(C)(=O)=O)cc1. The molecule has 8 heteroatoms. The minimum absolute atomic E-state index is 0.104. The summed E-state index contributed by atoms with van der Waals surface area (Å²) in [6.45, 7) is 4.47. The third-order valence-electron chi connectivity index (χ3n) is 6.90. The summed E-state index contributed by atoms with van der Waals surface area (Å²) >= 11 is 0. The summed E-state index contributed by atoms with van der Waals surface area (Å²) in [5.41, 5.74) is 4.64. The number of carbonyl (C=O) groups is 2. The van der Waals surface area contributed by atoms with Gasteiger partial charge in [-0.25, -0.2) is 8.42 Å². The van der Waals surface area contributed by atoms with Crippen molar-refractivity contribution in [3.63, 3.8) is 0 Å². The van der Waals surface area contributed by atoms with E-state index in [2.05, 4.69) is 5.32 Å². The minimum Gasteiger partial charge on any atom is -0.357 e. The second-order valence-corrected chi connectivity index (χ2v) is 11.6. The van der Waals surface area contributed by atoms with Gasteiger partial charge in [0, 0.05) is 33.0 Å². The molecular weight excluding hydrogens is 510 g/mol. The number of nitrogens with one attached hydrogen (secondary N) is 1. The molecule has 0 aliphatic heterocycles. The molecule has 0 fully saturated rings. The van der Waals surface area contributed by atoms with Gasteiger partial charge in [0.25, 0.3) is 0 Å². The van der Waals surface area contributed by atoms with Crippen LogP contribution in [0.1, 0.15) is 42.0 Å². The Kier molecular flexibility index (Phi) is 10.7. The van der Waals surface area contributed by atoms with Crippen LogP contribution in [0.25, 0.3) is 0 Å². The number of aryl methyl sites for hydroxylation is 2. The van der Waals surface area contributed by atoms with E-state index in [-0.39, 0.29) is 31.3 Å². The van der Waals surface area contributed by atoms with Crippen molar-refractivity contribution in [3.05, 3.63) is 101 Å². The minimum atomic E-state index is -3.54. The smallest absolute Gasteiger partial charge is 0.242 e. The molecule has 1 N–H and O–H groups in total. The van der Waals surface area contributed by atoms with E-state index in [1.165, 1.54) is 10.6 Å². The molecule has 0 aliphatic carbocycles. The van der Waals surface area contributed by atoms with Crippen molar-refractivity contribution in [3.8, 4) is 0 Å². The number of nitrogens with zero attached hydrogens (tertiary/aromatic N) is 2. The standard InChI is InChI=1S/C31H39N3O4S/c1-5-25-17-19-28(20-18-25)34(39(4,37)38)21-11-16-30(35)33(23-27-15-10-9-12-24(27)2)29(31(36)32-3)22-26-13-7-6-8-14-26/h6-10,12-15,17-20,29H,5,11,16,21-23H2,1-4H3,(H,32,36)/t29-/m0/s1. The number of hydrogen-bond acceptors (Lipinski definition) is 4. The predicted molar refractivity (Wildman–Crippen MR) is 157 cm³/mol. The molecule has 3 aromatic rings. The van der Waals surface area contributed by atoms with E-state index in [0.29, 0.717) is 18.5 Å². The average molecular weight is 550 g/mol. The zero-order valence-electron chi connectivity index (χ0n) is 23.3. The highest BCUT2D eigenvalue weighted by Crippen LogP contribution is 2.21. The van der Waals surface area contributed by atoms with Crippen LogP contribution in [0, 0.1) is 6.92 Å². The number of hydrogen-bond donors (Lipinski definition) is 1. The highest BCUT2D eigenvalue weighted by molar-refractivity contribution is 7.92. The lowest BCUT2D eigenvalue weighted by Gasteiger charge is -2.32. The highest BCUT2D eigenvalue weighted by Gasteiger charge is 2.30. The van der Waals surface area contributed by atoms with Crippen molar-refractivity contribution in [1.29, 1.82) is 0 Å². The summed E-state index contributed by atoms with van der Waals surface area (Å²) in [7, 11) is -1.97. The van der Waals surface area contributed by atoms with Crippen LogP contribution in [0.3, 0.4) is 0 Å². The Morgan fingerprint density at radius 2 is 1.54 bits per heavy atom. The quantitative estimate of drug-likeness (QED) is 0.340. The molecule has 0 aliphatic rings. The first-order valence-electron chi connectivity index (χ1n) is 13.3. The lowest BCUT2D eigenvalue weighted by atomic mass is 10.0. The normalized spacial score (nSPS) is 12.0. The molecule has 3 aromatic carbocycles. The van der Waals surface area contributed by atoms with Gasteiger partial charge in [0.15, 0.2) is 0 Å². The summed E-state index contributed by atoms with van der Waals surface area (Å²) < 4.78 is 26.5. The first-order valence-corrected chi connectivity index (χ1v) is 15.1. The first kappa shape index (κ1) is 29.9. The van der Waals surface area contributed by atoms with Crippen molar-refractivity contribution in [2.45, 2.75) is 52.1 Å². The maximum Gasteiger partial charge on any atom is 0.242 e. The van der Waals surface area contributed by atoms with Crippen molar-refractivity contribution in [1.82, 2.24) is 10.2 Å². The van der Waals surface area contributed by atoms with Gasteiger partial charge in [-0.05, 0) is 54.2 Å². The van der Waals surface area contributed by atoms with Gasteiger partial charge < -0.3 is 10.2 Å². The second kappa shape index (κ2) is 13.9. The Labute approximate surface area is 232 Å². The molecule has 0 heterocycles. The fraction of sp³-hybridized carbons (Fsp3) is 0.355. The Balaban J connectivity index is 1.84. The van der Waals surface area contributed by atoms with E-state index >= 15 is 0 Å². The van der Waals surface area contributed by atoms with E-state index < -0.39 is 16.1 Å². The van der Waals surface area contributed by atoms with E-state index in [1.54, 1.807) is 24.1 Å². The summed E-state index contributed by atoms with van der Waals surface area (Å²) in [5.74, 6) is -0.438. The number of sulfonamides is 1. The Morgan fingerprint density at radius 1 is 0.897 bits per heavy atom. The lowest BCUT2D eigenvalue weighted by molar-refractivity contribution is -0.141. The molecule has 0 spiro atoms. The molecule has 39 heavy (non-hydrogen) atoms. The highest BCUT2D eigenvalue weighted by atomic mass is 32.2. The average Bonchev–Trinajstić information content (AvgIpc) is 2.93. The van der Waals surface area contributed by atoms with E-state index in [1.807, 2.05) is 80.6 Å². The van der Waals surface area contributed by atoms with Crippen molar-refractivity contribution >= 4 is 27.5 Å². The molecule has 0 saturated heterocycles. The number of likely N-dealkylation sites (N-methyl/N-ethyl adjacent to an activating group) is 1. The monoisotopic (exact) mass is 549 g/mol. The largest absolute Gasteiger partial charge is 0.357 e. The van der Waals surface area contributed by atoms with Crippen LogP contribution in [-0.2, 0) is 39.0 Å². The van der Waals surface area contributed by atoms with Gasteiger partial charge in [-0.3, -0.25) is 13.9 Å². The van der Waals surface area contributed by atoms with Crippen molar-refractivity contribution in [2.75, 3.05) is 24.2 Å². The predicted octanol–water partition coefficient (Wildman–Crippen LogP) is 4.49. The number of anilines is 1. The lowest BCUT2D eigenvalue weighted by Crippen LogP contribution is -2.50. The maximum atomic E-state index is 13.7. The van der Waals surface area contributed by atoms with Crippen LogP contribution in [0.2, 0.25) is 0 Å². The van der Waals surface area contributed by atoms with Gasteiger partial charge in [-0.2, -0.15) is 0 Å². The topological polar surface area (TPSA) is 86.8 Å². The molecule has 208 valence electrons. The van der Waals surface area contributed by atoms with Gasteiger partial charge in [-0.1, -0.05) is 73.7 Å². The van der Waals surface area contributed by atoms with Gasteiger partial charge in [0.2, 0.25) is 21.8 Å². The van der Waals surface area contributed by atoms with Gasteiger partial charge >= 0.3 is 0 Å². The number of carbonyl (C=O) groups excluding carboxylic acids is 2. The number of rotatable bonds is 13. The molecule has 1 atom stereocenters. The zero-order valence-corrected chi connectivity index (χ0v) is 24.1. The molecule has 0 bridgehead atoms. The molecule has 0 saturated carbocycles. The van der Waals surface area contributed by atoms with Crippen LogP contribution in [0.15, 0.2) is 78.9 Å². The fourth-order valence-electron chi connectivity index (χ4n) is 4.59. The van der Waals surface area contributed by atoms with Crippen LogP contribution in [0.4, 0.5) is 5.69 Å². The summed E-state index contributed by atoms with van der Waals surface area (Å²) in [6, 6.07) is 24.2. The Morgan fingerprint density at radius 3 is 2.13 bits per heavy atom. The summed E-state index contributed by atoms with van der Waals surface area (Å²) in [4.78, 5) is 28.5. The van der Waals surface area contributed by atoms with E-state index in [0.717, 1.165) is 28.7 Å². The van der Waals surface area contributed by atoms with E-state index in [4.69, 9.17) is 0 Å². The summed E-state index contributed by atoms with van der Waals surface area (Å²) in [5, 5.41) is 2.73. The molecule has 2 amide bonds. The van der Waals surface area contributed by atoms with Gasteiger partial charge in [0.05, 0.1) is 11.9 Å². The number of amides is 2. The zero-order chi connectivity index (χ0) is 28.4. The van der Waals surface area contributed by atoms with Crippen LogP contribution in [0.5, 0.6) is 0 Å². The van der Waals surface area contributed by atoms with E-state index in [9.17, 15) is 18.0 Å². The van der Waals surface area contributed by atoms with Gasteiger partial charge in [-0.15, -0.1) is 0 Å². The van der Waals surface area contributed by atoms with Gasteiger partial charge in [0.1, 0.15) is 6.04 Å². The Hall–Kier alpha value is -3.65. The van der Waals surface area contributed by atoms with Crippen LogP contribution < -0.4 is 9.62 Å². The Bertz CT molecular complexity index is 1340.